The second-order valence-corrected chi connectivity index (χ2v) is 4.71. The molecule has 0 radical (unpaired) electrons. The zero-order chi connectivity index (χ0) is 15.3. The normalized spacial score (nSPS) is 13.3. The first-order valence-electron chi connectivity index (χ1n) is 6.60. The molecule has 4 heteroatoms. The lowest BCUT2D eigenvalue weighted by Crippen LogP contribution is -2.39. The minimum atomic E-state index is -1.75. The van der Waals surface area contributed by atoms with Gasteiger partial charge in [-0.25, -0.2) is 4.79 Å². The summed E-state index contributed by atoms with van der Waals surface area (Å²) in [5.41, 5.74) is -0.524. The van der Waals surface area contributed by atoms with E-state index < -0.39 is 11.6 Å². The van der Waals surface area contributed by atoms with Crippen LogP contribution in [0.2, 0.25) is 0 Å². The van der Waals surface area contributed by atoms with Gasteiger partial charge in [-0.3, -0.25) is 0 Å². The zero-order valence-electron chi connectivity index (χ0n) is 12.1. The minimum absolute atomic E-state index is 0.0771. The average molecular weight is 286 g/mol. The van der Waals surface area contributed by atoms with Crippen molar-refractivity contribution in [1.82, 2.24) is 0 Å². The molecular formula is C17H18O4. The number of benzene rings is 2. The van der Waals surface area contributed by atoms with Crippen molar-refractivity contribution in [1.29, 1.82) is 0 Å². The first-order chi connectivity index (χ1) is 10.1. The van der Waals surface area contributed by atoms with E-state index in [0.717, 1.165) is 5.56 Å². The molecule has 0 heterocycles. The Hall–Kier alpha value is -2.33. The number of ether oxygens (including phenoxy) is 2. The molecule has 0 spiro atoms. The summed E-state index contributed by atoms with van der Waals surface area (Å²) in [7, 11) is 2.82. The number of para-hydroxylation sites is 1. The summed E-state index contributed by atoms with van der Waals surface area (Å²) in [6, 6.07) is 16.0. The molecule has 0 amide bonds. The number of hydrogen-bond donors (Lipinski definition) is 1. The third-order valence-electron chi connectivity index (χ3n) is 3.41. The van der Waals surface area contributed by atoms with Gasteiger partial charge in [0.05, 0.1) is 14.2 Å². The van der Waals surface area contributed by atoms with E-state index in [-0.39, 0.29) is 6.42 Å². The first-order valence-corrected chi connectivity index (χ1v) is 6.60. The number of esters is 1. The summed E-state index contributed by atoms with van der Waals surface area (Å²) < 4.78 is 10.1. The van der Waals surface area contributed by atoms with Gasteiger partial charge < -0.3 is 14.6 Å². The molecule has 2 rings (SSSR count). The summed E-state index contributed by atoms with van der Waals surface area (Å²) in [5, 5.41) is 10.9. The van der Waals surface area contributed by atoms with E-state index in [2.05, 4.69) is 0 Å². The zero-order valence-corrected chi connectivity index (χ0v) is 12.1. The van der Waals surface area contributed by atoms with Crippen LogP contribution in [0, 0.1) is 0 Å². The lowest BCUT2D eigenvalue weighted by Gasteiger charge is -2.26. The predicted octanol–water partition coefficient (Wildman–Crippen LogP) is 2.30. The van der Waals surface area contributed by atoms with Gasteiger partial charge in [-0.2, -0.15) is 0 Å². The molecule has 0 aliphatic rings. The van der Waals surface area contributed by atoms with Crippen molar-refractivity contribution in [3.63, 3.8) is 0 Å². The molecule has 1 unspecified atom stereocenters. The molecule has 1 N–H and O–H groups in total. The van der Waals surface area contributed by atoms with Crippen LogP contribution in [-0.4, -0.2) is 25.3 Å². The fourth-order valence-corrected chi connectivity index (χ4v) is 2.30. The van der Waals surface area contributed by atoms with Crippen LogP contribution in [0.25, 0.3) is 0 Å². The quantitative estimate of drug-likeness (QED) is 0.857. The number of aliphatic hydroxyl groups is 1. The lowest BCUT2D eigenvalue weighted by molar-refractivity contribution is -0.163. The topological polar surface area (TPSA) is 55.8 Å². The fourth-order valence-electron chi connectivity index (χ4n) is 2.30. The van der Waals surface area contributed by atoms with Crippen LogP contribution >= 0.6 is 0 Å². The SMILES string of the molecule is COC(=O)C(O)(Cc1ccccc1OC)c1ccccc1. The first kappa shape index (κ1) is 15.1. The standard InChI is InChI=1S/C17H18O4/c1-20-15-11-7-6-8-13(15)12-17(19,16(18)21-2)14-9-4-3-5-10-14/h3-11,19H,12H2,1-2H3. The molecule has 2 aromatic carbocycles. The van der Waals surface area contributed by atoms with Gasteiger partial charge in [0, 0.05) is 6.42 Å². The van der Waals surface area contributed by atoms with Crippen LogP contribution in [0.1, 0.15) is 11.1 Å². The number of hydrogen-bond acceptors (Lipinski definition) is 4. The van der Waals surface area contributed by atoms with Gasteiger partial charge in [-0.15, -0.1) is 0 Å². The van der Waals surface area contributed by atoms with Crippen molar-refractivity contribution >= 4 is 5.97 Å². The summed E-state index contributed by atoms with van der Waals surface area (Å²) in [6.45, 7) is 0. The molecule has 2 aromatic rings. The van der Waals surface area contributed by atoms with Gasteiger partial charge in [0.1, 0.15) is 5.75 Å². The predicted molar refractivity (Wildman–Crippen MR) is 79.1 cm³/mol. The van der Waals surface area contributed by atoms with Crippen molar-refractivity contribution in [2.45, 2.75) is 12.0 Å². The molecule has 4 nitrogen and oxygen atoms in total. The minimum Gasteiger partial charge on any atom is -0.496 e. The highest BCUT2D eigenvalue weighted by Crippen LogP contribution is 2.31. The van der Waals surface area contributed by atoms with Gasteiger partial charge >= 0.3 is 5.97 Å². The van der Waals surface area contributed by atoms with E-state index >= 15 is 0 Å². The van der Waals surface area contributed by atoms with Gasteiger partial charge in [0.15, 0.2) is 5.60 Å². The van der Waals surface area contributed by atoms with Gasteiger partial charge in [-0.1, -0.05) is 48.5 Å². The van der Waals surface area contributed by atoms with E-state index in [1.54, 1.807) is 37.4 Å². The fraction of sp³-hybridized carbons (Fsp3) is 0.235. The van der Waals surface area contributed by atoms with Crippen LogP contribution in [-0.2, 0) is 21.6 Å². The molecule has 0 aromatic heterocycles. The highest BCUT2D eigenvalue weighted by atomic mass is 16.5. The van der Waals surface area contributed by atoms with Crippen molar-refractivity contribution in [2.75, 3.05) is 14.2 Å². The number of rotatable bonds is 5. The van der Waals surface area contributed by atoms with Gasteiger partial charge in [-0.05, 0) is 17.2 Å². The Labute approximate surface area is 123 Å². The molecule has 0 aliphatic heterocycles. The van der Waals surface area contributed by atoms with E-state index in [1.165, 1.54) is 7.11 Å². The number of carbonyl (C=O) groups excluding carboxylic acids is 1. The molecule has 0 saturated heterocycles. The summed E-state index contributed by atoms with van der Waals surface area (Å²) in [4.78, 5) is 12.1. The van der Waals surface area contributed by atoms with E-state index in [4.69, 9.17) is 9.47 Å². The molecule has 0 saturated carbocycles. The number of carbonyl (C=O) groups is 1. The van der Waals surface area contributed by atoms with Crippen LogP contribution in [0.15, 0.2) is 54.6 Å². The molecule has 1 atom stereocenters. The molecule has 0 fully saturated rings. The Morgan fingerprint density at radius 3 is 2.29 bits per heavy atom. The lowest BCUT2D eigenvalue weighted by atomic mass is 9.87. The summed E-state index contributed by atoms with van der Waals surface area (Å²) in [5.74, 6) is -0.0737. The Kier molecular flexibility index (Phi) is 4.60. The maximum atomic E-state index is 12.1. The van der Waals surface area contributed by atoms with Crippen molar-refractivity contribution in [3.05, 3.63) is 65.7 Å². The number of methoxy groups -OCH3 is 2. The van der Waals surface area contributed by atoms with Crippen molar-refractivity contribution in [3.8, 4) is 5.75 Å². The van der Waals surface area contributed by atoms with E-state index in [1.807, 2.05) is 24.3 Å². The molecule has 110 valence electrons. The van der Waals surface area contributed by atoms with E-state index in [9.17, 15) is 9.90 Å². The van der Waals surface area contributed by atoms with Crippen molar-refractivity contribution < 1.29 is 19.4 Å². The Morgan fingerprint density at radius 2 is 1.67 bits per heavy atom. The second kappa shape index (κ2) is 6.41. The maximum absolute atomic E-state index is 12.1. The third kappa shape index (κ3) is 3.06. The molecule has 21 heavy (non-hydrogen) atoms. The van der Waals surface area contributed by atoms with Crippen LogP contribution < -0.4 is 4.74 Å². The Morgan fingerprint density at radius 1 is 1.05 bits per heavy atom. The molecular weight excluding hydrogens is 268 g/mol. The average Bonchev–Trinajstić information content (AvgIpc) is 2.55. The van der Waals surface area contributed by atoms with Crippen LogP contribution in [0.5, 0.6) is 5.75 Å². The molecule has 0 aliphatic carbocycles. The molecule has 0 bridgehead atoms. The highest BCUT2D eigenvalue weighted by Gasteiger charge is 2.39. The summed E-state index contributed by atoms with van der Waals surface area (Å²) in [6.07, 6.45) is 0.0771. The van der Waals surface area contributed by atoms with Gasteiger partial charge in [0.25, 0.3) is 0 Å². The van der Waals surface area contributed by atoms with Gasteiger partial charge in [0.2, 0.25) is 0 Å². The maximum Gasteiger partial charge on any atom is 0.342 e. The largest absolute Gasteiger partial charge is 0.496 e. The van der Waals surface area contributed by atoms with Crippen molar-refractivity contribution in [2.24, 2.45) is 0 Å². The Balaban J connectivity index is 2.45. The smallest absolute Gasteiger partial charge is 0.342 e. The van der Waals surface area contributed by atoms with Crippen LogP contribution in [0.4, 0.5) is 0 Å². The van der Waals surface area contributed by atoms with Crippen LogP contribution in [0.3, 0.4) is 0 Å². The third-order valence-corrected chi connectivity index (χ3v) is 3.41. The Bertz CT molecular complexity index is 609. The highest BCUT2D eigenvalue weighted by molar-refractivity contribution is 5.81. The van der Waals surface area contributed by atoms with E-state index in [0.29, 0.717) is 11.3 Å². The summed E-state index contributed by atoms with van der Waals surface area (Å²) >= 11 is 0. The monoisotopic (exact) mass is 286 g/mol. The second-order valence-electron chi connectivity index (χ2n) is 4.71.